The van der Waals surface area contributed by atoms with Crippen molar-refractivity contribution in [3.8, 4) is 11.4 Å². The Labute approximate surface area is 150 Å². The molecule has 0 aromatic carbocycles. The third-order valence-electron chi connectivity index (χ3n) is 4.07. The highest BCUT2D eigenvalue weighted by Gasteiger charge is 2.23. The molecular weight excluding hydrogens is 334 g/mol. The van der Waals surface area contributed by atoms with Crippen LogP contribution in [0.5, 0.6) is 0 Å². The maximum Gasteiger partial charge on any atom is 0.257 e. The topological polar surface area (TPSA) is 71.9 Å². The van der Waals surface area contributed by atoms with Crippen LogP contribution in [0.2, 0.25) is 0 Å². The van der Waals surface area contributed by atoms with Gasteiger partial charge in [0.2, 0.25) is 0 Å². The van der Waals surface area contributed by atoms with Crippen LogP contribution in [0.15, 0.2) is 36.9 Å². The number of amides is 1. The molecule has 3 heterocycles. The van der Waals surface area contributed by atoms with Crippen LogP contribution in [-0.2, 0) is 0 Å². The van der Waals surface area contributed by atoms with Crippen molar-refractivity contribution in [1.29, 1.82) is 0 Å². The van der Waals surface area contributed by atoms with Gasteiger partial charge in [-0.1, -0.05) is 0 Å². The maximum absolute atomic E-state index is 12.7. The molecule has 3 aromatic heterocycles. The molecule has 1 amide bonds. The highest BCUT2D eigenvalue weighted by molar-refractivity contribution is 7.11. The van der Waals surface area contributed by atoms with E-state index < -0.39 is 0 Å². The van der Waals surface area contributed by atoms with Crippen molar-refractivity contribution in [1.82, 2.24) is 24.8 Å². The Balaban J connectivity index is 1.79. The fourth-order valence-electron chi connectivity index (χ4n) is 2.58. The summed E-state index contributed by atoms with van der Waals surface area (Å²) in [4.78, 5) is 32.7. The second-order valence-corrected chi connectivity index (χ2v) is 7.20. The highest BCUT2D eigenvalue weighted by Crippen LogP contribution is 2.27. The molecule has 0 fully saturated rings. The van der Waals surface area contributed by atoms with Crippen LogP contribution in [0.25, 0.3) is 11.4 Å². The number of hydrogen-bond donors (Lipinski definition) is 0. The van der Waals surface area contributed by atoms with Gasteiger partial charge in [-0.25, -0.2) is 15.0 Å². The van der Waals surface area contributed by atoms with E-state index in [1.807, 2.05) is 32.9 Å². The van der Waals surface area contributed by atoms with E-state index in [1.165, 1.54) is 0 Å². The van der Waals surface area contributed by atoms with Gasteiger partial charge in [0, 0.05) is 42.3 Å². The van der Waals surface area contributed by atoms with Gasteiger partial charge in [0.25, 0.3) is 5.91 Å². The summed E-state index contributed by atoms with van der Waals surface area (Å²) in [6, 6.07) is 3.55. The summed E-state index contributed by atoms with van der Waals surface area (Å²) in [5.74, 6) is 0.444. The van der Waals surface area contributed by atoms with Crippen LogP contribution in [-0.4, -0.2) is 37.8 Å². The normalized spacial score (nSPS) is 12.0. The molecule has 3 rings (SSSR count). The van der Waals surface area contributed by atoms with E-state index in [4.69, 9.17) is 0 Å². The van der Waals surface area contributed by atoms with Crippen molar-refractivity contribution in [2.24, 2.45) is 0 Å². The van der Waals surface area contributed by atoms with Crippen molar-refractivity contribution in [3.05, 3.63) is 58.1 Å². The Morgan fingerprint density at radius 2 is 1.80 bits per heavy atom. The van der Waals surface area contributed by atoms with E-state index in [1.54, 1.807) is 48.1 Å². The number of aromatic nitrogens is 4. The highest BCUT2D eigenvalue weighted by atomic mass is 32.1. The van der Waals surface area contributed by atoms with Gasteiger partial charge in [0.15, 0.2) is 5.82 Å². The monoisotopic (exact) mass is 353 g/mol. The smallest absolute Gasteiger partial charge is 0.257 e. The van der Waals surface area contributed by atoms with Crippen LogP contribution in [0.3, 0.4) is 0 Å². The number of thiazole rings is 1. The third kappa shape index (κ3) is 3.56. The van der Waals surface area contributed by atoms with Gasteiger partial charge in [0.1, 0.15) is 0 Å². The number of carbonyl (C=O) groups excluding carboxylic acids is 1. The lowest BCUT2D eigenvalue weighted by Crippen LogP contribution is -2.30. The number of hydrogen-bond acceptors (Lipinski definition) is 6. The molecule has 0 bridgehead atoms. The zero-order chi connectivity index (χ0) is 18.0. The first-order valence-corrected chi connectivity index (χ1v) is 8.72. The van der Waals surface area contributed by atoms with E-state index in [9.17, 15) is 4.79 Å². The molecule has 0 N–H and O–H groups in total. The Morgan fingerprint density at radius 3 is 2.36 bits per heavy atom. The van der Waals surface area contributed by atoms with Crippen LogP contribution in [0, 0.1) is 13.8 Å². The van der Waals surface area contributed by atoms with E-state index in [-0.39, 0.29) is 11.9 Å². The van der Waals surface area contributed by atoms with Gasteiger partial charge in [-0.15, -0.1) is 11.3 Å². The van der Waals surface area contributed by atoms with Gasteiger partial charge in [-0.05, 0) is 32.9 Å². The molecule has 7 heteroatoms. The average molecular weight is 353 g/mol. The first-order chi connectivity index (χ1) is 12.0. The van der Waals surface area contributed by atoms with E-state index >= 15 is 0 Å². The molecule has 6 nitrogen and oxygen atoms in total. The van der Waals surface area contributed by atoms with Gasteiger partial charge in [0.05, 0.1) is 22.3 Å². The summed E-state index contributed by atoms with van der Waals surface area (Å²) < 4.78 is 0. The Kier molecular flexibility index (Phi) is 4.85. The quantitative estimate of drug-likeness (QED) is 0.718. The molecule has 128 valence electrons. The number of carbonyl (C=O) groups is 1. The van der Waals surface area contributed by atoms with Crippen molar-refractivity contribution in [3.63, 3.8) is 0 Å². The SMILES string of the molecule is Cc1nc([C@@H](C)N(C)C(=O)c2cnc(-c3ccncc3)nc2)c(C)s1. The lowest BCUT2D eigenvalue weighted by atomic mass is 10.1. The molecular formula is C18H19N5OS. The number of aryl methyl sites for hydroxylation is 2. The standard InChI is InChI=1S/C18H19N5OS/c1-11(16-12(2)25-13(3)22-16)23(4)18(24)15-9-20-17(21-10-15)14-5-7-19-8-6-14/h5-11H,1-4H3/t11-/m1/s1. The Hall–Kier alpha value is -2.67. The summed E-state index contributed by atoms with van der Waals surface area (Å²) in [7, 11) is 1.78. The Bertz CT molecular complexity index is 876. The predicted octanol–water partition coefficient (Wildman–Crippen LogP) is 3.45. The summed E-state index contributed by atoms with van der Waals surface area (Å²) >= 11 is 1.64. The van der Waals surface area contributed by atoms with Crippen molar-refractivity contribution < 1.29 is 4.79 Å². The van der Waals surface area contributed by atoms with Crippen LogP contribution in [0.4, 0.5) is 0 Å². The number of pyridine rings is 1. The fourth-order valence-corrected chi connectivity index (χ4v) is 3.49. The molecule has 0 unspecified atom stereocenters. The lowest BCUT2D eigenvalue weighted by molar-refractivity contribution is 0.0739. The summed E-state index contributed by atoms with van der Waals surface area (Å²) in [5.41, 5.74) is 2.26. The summed E-state index contributed by atoms with van der Waals surface area (Å²) in [6.45, 7) is 5.98. The molecule has 0 radical (unpaired) electrons. The van der Waals surface area contributed by atoms with Crippen molar-refractivity contribution >= 4 is 17.2 Å². The van der Waals surface area contributed by atoms with E-state index in [2.05, 4.69) is 19.9 Å². The van der Waals surface area contributed by atoms with Crippen LogP contribution in [0.1, 0.15) is 38.9 Å². The molecule has 0 spiro atoms. The minimum absolute atomic E-state index is 0.114. The minimum Gasteiger partial charge on any atom is -0.333 e. The third-order valence-corrected chi connectivity index (χ3v) is 4.98. The summed E-state index contributed by atoms with van der Waals surface area (Å²) in [5, 5.41) is 1.00. The van der Waals surface area contributed by atoms with Gasteiger partial charge >= 0.3 is 0 Å². The van der Waals surface area contributed by atoms with Gasteiger partial charge in [-0.3, -0.25) is 9.78 Å². The average Bonchev–Trinajstić information content (AvgIpc) is 2.99. The number of nitrogens with zero attached hydrogens (tertiary/aromatic N) is 5. The second-order valence-electron chi connectivity index (χ2n) is 5.80. The lowest BCUT2D eigenvalue weighted by Gasteiger charge is -2.24. The molecule has 0 aliphatic carbocycles. The zero-order valence-electron chi connectivity index (χ0n) is 14.6. The molecule has 0 saturated heterocycles. The Morgan fingerprint density at radius 1 is 1.16 bits per heavy atom. The first kappa shape index (κ1) is 17.2. The van der Waals surface area contributed by atoms with Crippen molar-refractivity contribution in [2.45, 2.75) is 26.8 Å². The van der Waals surface area contributed by atoms with E-state index in [0.29, 0.717) is 11.4 Å². The maximum atomic E-state index is 12.7. The molecule has 25 heavy (non-hydrogen) atoms. The summed E-state index contributed by atoms with van der Waals surface area (Å²) in [6.07, 6.45) is 6.50. The minimum atomic E-state index is -0.126. The van der Waals surface area contributed by atoms with E-state index in [0.717, 1.165) is 21.1 Å². The molecule has 3 aromatic rings. The molecule has 1 atom stereocenters. The van der Waals surface area contributed by atoms with Crippen LogP contribution < -0.4 is 0 Å². The van der Waals surface area contributed by atoms with Gasteiger partial charge in [-0.2, -0.15) is 0 Å². The van der Waals surface area contributed by atoms with Crippen LogP contribution >= 0.6 is 11.3 Å². The predicted molar refractivity (Wildman–Crippen MR) is 97.4 cm³/mol. The molecule has 0 saturated carbocycles. The number of rotatable bonds is 4. The largest absolute Gasteiger partial charge is 0.333 e. The first-order valence-electron chi connectivity index (χ1n) is 7.91. The second kappa shape index (κ2) is 7.06. The zero-order valence-corrected chi connectivity index (χ0v) is 15.4. The van der Waals surface area contributed by atoms with Crippen molar-refractivity contribution in [2.75, 3.05) is 7.05 Å². The molecule has 0 aliphatic heterocycles. The molecule has 0 aliphatic rings. The fraction of sp³-hybridized carbons (Fsp3) is 0.278. The van der Waals surface area contributed by atoms with Gasteiger partial charge < -0.3 is 4.90 Å².